The van der Waals surface area contributed by atoms with Crippen LogP contribution in [0.2, 0.25) is 5.02 Å². The third-order valence-corrected chi connectivity index (χ3v) is 6.55. The summed E-state index contributed by atoms with van der Waals surface area (Å²) in [5.74, 6) is 0. The summed E-state index contributed by atoms with van der Waals surface area (Å²) in [7, 11) is 0. The highest BCUT2D eigenvalue weighted by Crippen LogP contribution is 2.31. The molecule has 0 saturated carbocycles. The quantitative estimate of drug-likeness (QED) is 0.711. The van der Waals surface area contributed by atoms with Gasteiger partial charge in [0.25, 0.3) is 5.56 Å². The zero-order chi connectivity index (χ0) is 21.5. The first kappa shape index (κ1) is 21.2. The smallest absolute Gasteiger partial charge is 0.369 e. The van der Waals surface area contributed by atoms with E-state index in [0.717, 1.165) is 49.3 Å². The third-order valence-electron chi connectivity index (χ3n) is 6.20. The fourth-order valence-electron chi connectivity index (χ4n) is 4.58. The van der Waals surface area contributed by atoms with Gasteiger partial charge >= 0.3 is 6.18 Å². The molecule has 0 N–H and O–H groups in total. The number of hydrogen-bond acceptors (Lipinski definition) is 4. The molecule has 162 valence electrons. The fraction of sp³-hybridized carbons (Fsp3) is 0.524. The van der Waals surface area contributed by atoms with Gasteiger partial charge in [0.05, 0.1) is 23.1 Å². The number of hydrogen-bond donors (Lipinski definition) is 0. The van der Waals surface area contributed by atoms with Gasteiger partial charge in [-0.05, 0) is 57.4 Å². The van der Waals surface area contributed by atoms with Crippen molar-refractivity contribution in [3.63, 3.8) is 0 Å². The van der Waals surface area contributed by atoms with Crippen molar-refractivity contribution in [3.8, 4) is 5.69 Å². The maximum absolute atomic E-state index is 13.0. The van der Waals surface area contributed by atoms with Crippen molar-refractivity contribution in [2.24, 2.45) is 0 Å². The first-order valence-electron chi connectivity index (χ1n) is 10.2. The number of nitrogens with zero attached hydrogens (tertiary/aromatic N) is 4. The molecule has 1 aromatic carbocycles. The minimum atomic E-state index is -4.50. The SMILES string of the molecule is CC1CCCN1C1CCN(c2cnn(-c3cccc(C(F)(F)F)c3)c(=O)c2Cl)CC1. The lowest BCUT2D eigenvalue weighted by molar-refractivity contribution is -0.137. The average molecular weight is 441 g/mol. The van der Waals surface area contributed by atoms with E-state index in [2.05, 4.69) is 16.9 Å². The Kier molecular flexibility index (Phi) is 5.81. The molecule has 1 unspecified atom stereocenters. The van der Waals surface area contributed by atoms with Crippen molar-refractivity contribution in [2.75, 3.05) is 24.5 Å². The molecule has 1 aromatic heterocycles. The lowest BCUT2D eigenvalue weighted by Crippen LogP contribution is -2.46. The summed E-state index contributed by atoms with van der Waals surface area (Å²) < 4.78 is 39.9. The second-order valence-electron chi connectivity index (χ2n) is 8.06. The minimum Gasteiger partial charge on any atom is -0.369 e. The van der Waals surface area contributed by atoms with Crippen molar-refractivity contribution < 1.29 is 13.2 Å². The number of anilines is 1. The second-order valence-corrected chi connectivity index (χ2v) is 8.43. The van der Waals surface area contributed by atoms with Gasteiger partial charge in [0.15, 0.2) is 0 Å². The maximum Gasteiger partial charge on any atom is 0.416 e. The molecular formula is C21H24ClF3N4O. The van der Waals surface area contributed by atoms with Crippen molar-refractivity contribution in [2.45, 2.75) is 50.9 Å². The van der Waals surface area contributed by atoms with Crippen LogP contribution >= 0.6 is 11.6 Å². The molecule has 3 heterocycles. The Bertz CT molecular complexity index is 969. The van der Waals surface area contributed by atoms with Crippen LogP contribution in [-0.4, -0.2) is 46.4 Å². The first-order valence-corrected chi connectivity index (χ1v) is 10.6. The van der Waals surface area contributed by atoms with E-state index in [1.54, 1.807) is 0 Å². The Morgan fingerprint density at radius 3 is 2.50 bits per heavy atom. The summed E-state index contributed by atoms with van der Waals surface area (Å²) in [6.07, 6.45) is 1.42. The zero-order valence-corrected chi connectivity index (χ0v) is 17.5. The lowest BCUT2D eigenvalue weighted by atomic mass is 10.0. The second kappa shape index (κ2) is 8.23. The van der Waals surface area contributed by atoms with Crippen LogP contribution in [0, 0.1) is 0 Å². The fourth-order valence-corrected chi connectivity index (χ4v) is 4.83. The lowest BCUT2D eigenvalue weighted by Gasteiger charge is -2.39. The predicted molar refractivity (Wildman–Crippen MR) is 110 cm³/mol. The van der Waals surface area contributed by atoms with Crippen LogP contribution in [0.15, 0.2) is 35.3 Å². The number of aromatic nitrogens is 2. The van der Waals surface area contributed by atoms with Gasteiger partial charge in [-0.25, -0.2) is 0 Å². The highest BCUT2D eigenvalue weighted by molar-refractivity contribution is 6.33. The van der Waals surface area contributed by atoms with Crippen molar-refractivity contribution in [1.82, 2.24) is 14.7 Å². The molecule has 0 radical (unpaired) electrons. The highest BCUT2D eigenvalue weighted by Gasteiger charge is 2.32. The number of piperidine rings is 1. The Morgan fingerprint density at radius 2 is 1.87 bits per heavy atom. The first-order chi connectivity index (χ1) is 14.3. The molecule has 1 atom stereocenters. The van der Waals surface area contributed by atoms with Gasteiger partial charge in [-0.3, -0.25) is 9.69 Å². The van der Waals surface area contributed by atoms with E-state index in [1.165, 1.54) is 31.2 Å². The molecule has 2 aliphatic heterocycles. The average Bonchev–Trinajstić information content (AvgIpc) is 3.15. The molecule has 0 amide bonds. The normalized spacial score (nSPS) is 21.4. The number of likely N-dealkylation sites (tertiary alicyclic amines) is 1. The van der Waals surface area contributed by atoms with Crippen molar-refractivity contribution in [3.05, 3.63) is 51.4 Å². The largest absolute Gasteiger partial charge is 0.416 e. The van der Waals surface area contributed by atoms with Gasteiger partial charge in [-0.1, -0.05) is 17.7 Å². The van der Waals surface area contributed by atoms with E-state index in [0.29, 0.717) is 17.8 Å². The van der Waals surface area contributed by atoms with E-state index in [4.69, 9.17) is 11.6 Å². The molecule has 9 heteroatoms. The Labute approximate surface area is 178 Å². The standard InChI is InChI=1S/C21H24ClF3N4O/c1-14-4-3-9-28(14)16-7-10-27(11-8-16)18-13-26-29(20(30)19(18)22)17-6-2-5-15(12-17)21(23,24)25/h2,5-6,12-14,16H,3-4,7-11H2,1H3. The molecule has 2 saturated heterocycles. The summed E-state index contributed by atoms with van der Waals surface area (Å²) in [6, 6.07) is 5.66. The molecule has 0 spiro atoms. The Morgan fingerprint density at radius 1 is 1.13 bits per heavy atom. The van der Waals surface area contributed by atoms with E-state index in [-0.39, 0.29) is 10.7 Å². The van der Waals surface area contributed by atoms with Crippen molar-refractivity contribution in [1.29, 1.82) is 0 Å². The van der Waals surface area contributed by atoms with Crippen LogP contribution in [0.25, 0.3) is 5.69 Å². The van der Waals surface area contributed by atoms with Gasteiger partial charge < -0.3 is 4.90 Å². The monoisotopic (exact) mass is 440 g/mol. The van der Waals surface area contributed by atoms with E-state index < -0.39 is 17.3 Å². The van der Waals surface area contributed by atoms with Gasteiger partial charge in [-0.2, -0.15) is 23.0 Å². The van der Waals surface area contributed by atoms with E-state index in [1.807, 2.05) is 4.90 Å². The molecule has 2 aromatic rings. The third kappa shape index (κ3) is 4.07. The summed E-state index contributed by atoms with van der Waals surface area (Å²) in [5.41, 5.74) is -0.890. The molecule has 30 heavy (non-hydrogen) atoms. The van der Waals surface area contributed by atoms with Gasteiger partial charge in [0.2, 0.25) is 0 Å². The molecule has 0 bridgehead atoms. The number of alkyl halides is 3. The summed E-state index contributed by atoms with van der Waals surface area (Å²) in [6.45, 7) is 4.94. The molecule has 5 nitrogen and oxygen atoms in total. The number of benzene rings is 1. The van der Waals surface area contributed by atoms with Gasteiger partial charge in [0.1, 0.15) is 5.02 Å². The topological polar surface area (TPSA) is 41.4 Å². The van der Waals surface area contributed by atoms with Gasteiger partial charge in [-0.15, -0.1) is 0 Å². The van der Waals surface area contributed by atoms with Crippen LogP contribution in [-0.2, 0) is 6.18 Å². The van der Waals surface area contributed by atoms with Crippen molar-refractivity contribution >= 4 is 17.3 Å². The van der Waals surface area contributed by atoms with Crippen LogP contribution in [0.3, 0.4) is 0 Å². The van der Waals surface area contributed by atoms with E-state index in [9.17, 15) is 18.0 Å². The van der Waals surface area contributed by atoms with Crippen LogP contribution < -0.4 is 10.5 Å². The summed E-state index contributed by atoms with van der Waals surface area (Å²) in [5, 5.41) is 4.10. The van der Waals surface area contributed by atoms with Crippen LogP contribution in [0.4, 0.5) is 18.9 Å². The molecular weight excluding hydrogens is 417 g/mol. The minimum absolute atomic E-state index is 0.0181. The molecule has 2 aliphatic rings. The Balaban J connectivity index is 1.54. The number of rotatable bonds is 3. The maximum atomic E-state index is 13.0. The summed E-state index contributed by atoms with van der Waals surface area (Å²) in [4.78, 5) is 17.4. The zero-order valence-electron chi connectivity index (χ0n) is 16.7. The van der Waals surface area contributed by atoms with Crippen LogP contribution in [0.1, 0.15) is 38.2 Å². The number of halogens is 4. The Hall–Kier alpha value is -2.06. The molecule has 2 fully saturated rings. The summed E-state index contributed by atoms with van der Waals surface area (Å²) >= 11 is 6.35. The molecule has 0 aliphatic carbocycles. The van der Waals surface area contributed by atoms with E-state index >= 15 is 0 Å². The van der Waals surface area contributed by atoms with Gasteiger partial charge in [0, 0.05) is 25.2 Å². The van der Waals surface area contributed by atoms with Crippen LogP contribution in [0.5, 0.6) is 0 Å². The molecule has 4 rings (SSSR count). The highest BCUT2D eigenvalue weighted by atomic mass is 35.5. The predicted octanol–water partition coefficient (Wildman–Crippen LogP) is 4.36.